The smallest absolute Gasteiger partial charge is 0.255 e. The first kappa shape index (κ1) is 12.7. The normalized spacial score (nSPS) is 17.6. The monoisotopic (exact) mass is 270 g/mol. The summed E-state index contributed by atoms with van der Waals surface area (Å²) in [5.41, 5.74) is 10.4. The molecule has 0 radical (unpaired) electrons. The number of benzene rings is 1. The van der Waals surface area contributed by atoms with Gasteiger partial charge in [-0.15, -0.1) is 0 Å². The number of aryl methyl sites for hydroxylation is 2. The molecule has 0 aliphatic heterocycles. The third-order valence-corrected chi connectivity index (χ3v) is 3.86. The molecule has 1 amide bonds. The first-order chi connectivity index (χ1) is 9.65. The molecule has 0 saturated carbocycles. The van der Waals surface area contributed by atoms with Crippen LogP contribution >= 0.6 is 0 Å². The van der Waals surface area contributed by atoms with Gasteiger partial charge in [0, 0.05) is 11.4 Å². The lowest BCUT2D eigenvalue weighted by Crippen LogP contribution is -2.31. The van der Waals surface area contributed by atoms with Crippen molar-refractivity contribution in [2.45, 2.75) is 32.2 Å². The van der Waals surface area contributed by atoms with Crippen LogP contribution in [0.5, 0.6) is 0 Å². The highest BCUT2D eigenvalue weighted by Gasteiger charge is 2.23. The van der Waals surface area contributed by atoms with Crippen LogP contribution in [0, 0.1) is 6.92 Å². The second-order valence-electron chi connectivity index (χ2n) is 5.29. The zero-order valence-corrected chi connectivity index (χ0v) is 11.4. The maximum Gasteiger partial charge on any atom is 0.255 e. The van der Waals surface area contributed by atoms with Crippen molar-refractivity contribution in [3.05, 3.63) is 46.8 Å². The SMILES string of the molecule is Cc1[nH]ncc1C(=O)NC1CCCc2cc(N)ccc21. The molecule has 20 heavy (non-hydrogen) atoms. The molecule has 4 N–H and O–H groups in total. The average molecular weight is 270 g/mol. The molecule has 2 aromatic rings. The Hall–Kier alpha value is -2.30. The average Bonchev–Trinajstić information content (AvgIpc) is 2.85. The van der Waals surface area contributed by atoms with Crippen molar-refractivity contribution in [3.63, 3.8) is 0 Å². The minimum Gasteiger partial charge on any atom is -0.399 e. The second-order valence-corrected chi connectivity index (χ2v) is 5.29. The van der Waals surface area contributed by atoms with Crippen LogP contribution in [0.4, 0.5) is 5.69 Å². The highest BCUT2D eigenvalue weighted by molar-refractivity contribution is 5.95. The summed E-state index contributed by atoms with van der Waals surface area (Å²) in [6.45, 7) is 1.84. The number of hydrogen-bond acceptors (Lipinski definition) is 3. The summed E-state index contributed by atoms with van der Waals surface area (Å²) in [6.07, 6.45) is 4.61. The number of H-pyrrole nitrogens is 1. The van der Waals surface area contributed by atoms with Crippen LogP contribution in [0.1, 0.15) is 46.1 Å². The Labute approximate surface area is 117 Å². The number of hydrogen-bond donors (Lipinski definition) is 3. The summed E-state index contributed by atoms with van der Waals surface area (Å²) in [4.78, 5) is 12.3. The number of amides is 1. The van der Waals surface area contributed by atoms with Crippen LogP contribution in [0.15, 0.2) is 24.4 Å². The molecule has 1 unspecified atom stereocenters. The molecule has 1 heterocycles. The molecule has 5 nitrogen and oxygen atoms in total. The lowest BCUT2D eigenvalue weighted by molar-refractivity contribution is 0.0932. The molecule has 0 fully saturated rings. The van der Waals surface area contributed by atoms with E-state index in [4.69, 9.17) is 5.73 Å². The minimum absolute atomic E-state index is 0.0566. The molecule has 0 saturated heterocycles. The molecule has 1 aliphatic carbocycles. The molecule has 0 bridgehead atoms. The van der Waals surface area contributed by atoms with E-state index in [1.807, 2.05) is 25.1 Å². The summed E-state index contributed by atoms with van der Waals surface area (Å²) < 4.78 is 0. The van der Waals surface area contributed by atoms with Crippen LogP contribution in [-0.4, -0.2) is 16.1 Å². The Morgan fingerprint density at radius 3 is 3.10 bits per heavy atom. The summed E-state index contributed by atoms with van der Waals surface area (Å²) >= 11 is 0. The van der Waals surface area contributed by atoms with Crippen LogP contribution in [-0.2, 0) is 6.42 Å². The molecule has 5 heteroatoms. The summed E-state index contributed by atoms with van der Waals surface area (Å²) in [7, 11) is 0. The van der Waals surface area contributed by atoms with Crippen molar-refractivity contribution < 1.29 is 4.79 Å². The topological polar surface area (TPSA) is 83.8 Å². The van der Waals surface area contributed by atoms with E-state index >= 15 is 0 Å². The largest absolute Gasteiger partial charge is 0.399 e. The number of nitrogen functional groups attached to an aromatic ring is 1. The summed E-state index contributed by atoms with van der Waals surface area (Å²) in [5.74, 6) is -0.0778. The Morgan fingerprint density at radius 2 is 2.35 bits per heavy atom. The van der Waals surface area contributed by atoms with E-state index in [0.717, 1.165) is 30.6 Å². The first-order valence-corrected chi connectivity index (χ1v) is 6.84. The maximum absolute atomic E-state index is 12.3. The molecule has 0 spiro atoms. The van der Waals surface area contributed by atoms with E-state index < -0.39 is 0 Å². The summed E-state index contributed by atoms with van der Waals surface area (Å²) in [6, 6.07) is 5.99. The molecule has 3 rings (SSSR count). The van der Waals surface area contributed by atoms with Crippen molar-refractivity contribution in [2.24, 2.45) is 0 Å². The Kier molecular flexibility index (Phi) is 3.18. The molecule has 1 atom stereocenters. The van der Waals surface area contributed by atoms with Crippen molar-refractivity contribution >= 4 is 11.6 Å². The van der Waals surface area contributed by atoms with Gasteiger partial charge in [0.2, 0.25) is 0 Å². The zero-order valence-electron chi connectivity index (χ0n) is 11.4. The Morgan fingerprint density at radius 1 is 1.50 bits per heavy atom. The van der Waals surface area contributed by atoms with E-state index in [2.05, 4.69) is 15.5 Å². The quantitative estimate of drug-likeness (QED) is 0.731. The van der Waals surface area contributed by atoms with Gasteiger partial charge < -0.3 is 11.1 Å². The fourth-order valence-corrected chi connectivity index (χ4v) is 2.80. The lowest BCUT2D eigenvalue weighted by Gasteiger charge is -2.26. The zero-order chi connectivity index (χ0) is 14.1. The minimum atomic E-state index is -0.0778. The van der Waals surface area contributed by atoms with Gasteiger partial charge in [-0.1, -0.05) is 6.07 Å². The molecule has 1 aromatic heterocycles. The number of carbonyl (C=O) groups excluding carboxylic acids is 1. The molecule has 1 aromatic carbocycles. The summed E-state index contributed by atoms with van der Waals surface area (Å²) in [5, 5.41) is 9.77. The van der Waals surface area contributed by atoms with E-state index in [-0.39, 0.29) is 11.9 Å². The standard InChI is InChI=1S/C15H18N4O/c1-9-13(8-17-19-9)15(20)18-14-4-2-3-10-7-11(16)5-6-12(10)14/h5-8,14H,2-4,16H2,1H3,(H,17,19)(H,18,20). The van der Waals surface area contributed by atoms with Gasteiger partial charge in [0.1, 0.15) is 0 Å². The molecular weight excluding hydrogens is 252 g/mol. The van der Waals surface area contributed by atoms with Crippen LogP contribution in [0.25, 0.3) is 0 Å². The number of carbonyl (C=O) groups is 1. The number of nitrogens with two attached hydrogens (primary N) is 1. The van der Waals surface area contributed by atoms with Gasteiger partial charge in [-0.2, -0.15) is 5.10 Å². The number of fused-ring (bicyclic) bond motifs is 1. The van der Waals surface area contributed by atoms with Gasteiger partial charge >= 0.3 is 0 Å². The Bertz CT molecular complexity index is 647. The molecular formula is C15H18N4O. The first-order valence-electron chi connectivity index (χ1n) is 6.84. The van der Waals surface area contributed by atoms with E-state index in [1.165, 1.54) is 11.1 Å². The number of anilines is 1. The van der Waals surface area contributed by atoms with Gasteiger partial charge in [-0.25, -0.2) is 0 Å². The van der Waals surface area contributed by atoms with Crippen molar-refractivity contribution in [1.82, 2.24) is 15.5 Å². The van der Waals surface area contributed by atoms with Gasteiger partial charge in [-0.05, 0) is 49.4 Å². The molecule has 104 valence electrons. The van der Waals surface area contributed by atoms with Gasteiger partial charge in [0.05, 0.1) is 17.8 Å². The fraction of sp³-hybridized carbons (Fsp3) is 0.333. The predicted octanol–water partition coefficient (Wildman–Crippen LogP) is 2.11. The van der Waals surface area contributed by atoms with Gasteiger partial charge in [0.25, 0.3) is 5.91 Å². The number of nitrogens with zero attached hydrogens (tertiary/aromatic N) is 1. The predicted molar refractivity (Wildman–Crippen MR) is 77.3 cm³/mol. The maximum atomic E-state index is 12.3. The molecule has 1 aliphatic rings. The van der Waals surface area contributed by atoms with Crippen molar-refractivity contribution in [2.75, 3.05) is 5.73 Å². The van der Waals surface area contributed by atoms with Gasteiger partial charge in [0.15, 0.2) is 0 Å². The van der Waals surface area contributed by atoms with E-state index in [1.54, 1.807) is 6.20 Å². The van der Waals surface area contributed by atoms with Crippen LogP contribution in [0.3, 0.4) is 0 Å². The van der Waals surface area contributed by atoms with E-state index in [9.17, 15) is 4.79 Å². The Balaban J connectivity index is 1.83. The van der Waals surface area contributed by atoms with Crippen molar-refractivity contribution in [1.29, 1.82) is 0 Å². The number of aromatic amines is 1. The lowest BCUT2D eigenvalue weighted by atomic mass is 9.87. The fourth-order valence-electron chi connectivity index (χ4n) is 2.80. The number of rotatable bonds is 2. The number of aromatic nitrogens is 2. The highest BCUT2D eigenvalue weighted by atomic mass is 16.1. The van der Waals surface area contributed by atoms with Crippen LogP contribution in [0.2, 0.25) is 0 Å². The third-order valence-electron chi connectivity index (χ3n) is 3.86. The van der Waals surface area contributed by atoms with Crippen LogP contribution < -0.4 is 11.1 Å². The third kappa shape index (κ3) is 2.27. The van der Waals surface area contributed by atoms with Gasteiger partial charge in [-0.3, -0.25) is 9.89 Å². The van der Waals surface area contributed by atoms with E-state index in [0.29, 0.717) is 5.56 Å². The highest BCUT2D eigenvalue weighted by Crippen LogP contribution is 2.31. The number of nitrogens with one attached hydrogen (secondary N) is 2. The second kappa shape index (κ2) is 5.00. The van der Waals surface area contributed by atoms with Crippen molar-refractivity contribution in [3.8, 4) is 0 Å².